The van der Waals surface area contributed by atoms with E-state index in [2.05, 4.69) is 6.07 Å². The number of aliphatic hydroxyl groups excluding tert-OH is 1. The Balaban J connectivity index is 2.01. The van der Waals surface area contributed by atoms with Gasteiger partial charge in [-0.05, 0) is 31.0 Å². The van der Waals surface area contributed by atoms with E-state index in [9.17, 15) is 5.11 Å². The summed E-state index contributed by atoms with van der Waals surface area (Å²) in [5, 5.41) is 11.0. The number of hydrogen-bond acceptors (Lipinski definition) is 2. The summed E-state index contributed by atoms with van der Waals surface area (Å²) in [5.41, 5.74) is 0. The summed E-state index contributed by atoms with van der Waals surface area (Å²) < 4.78 is 0. The molecule has 1 aromatic carbocycles. The van der Waals surface area contributed by atoms with Crippen LogP contribution in [0.4, 0.5) is 0 Å². The van der Waals surface area contributed by atoms with Crippen LogP contribution in [0.1, 0.15) is 25.7 Å². The lowest BCUT2D eigenvalue weighted by atomic mass is 9.97. The van der Waals surface area contributed by atoms with Crippen LogP contribution < -0.4 is 0 Å². The molecule has 0 saturated heterocycles. The molecule has 2 rings (SSSR count). The second kappa shape index (κ2) is 5.24. The molecule has 82 valence electrons. The molecule has 1 aliphatic carbocycles. The molecule has 0 aromatic heterocycles. The lowest BCUT2D eigenvalue weighted by molar-refractivity contribution is 0.137. The third-order valence-electron chi connectivity index (χ3n) is 2.75. The van der Waals surface area contributed by atoms with E-state index in [4.69, 9.17) is 11.6 Å². The first kappa shape index (κ1) is 11.3. The zero-order chi connectivity index (χ0) is 10.7. The molecule has 1 aromatic rings. The fourth-order valence-electron chi connectivity index (χ4n) is 1.93. The molecular formula is C12H15ClOS. The quantitative estimate of drug-likeness (QED) is 0.853. The van der Waals surface area contributed by atoms with E-state index < -0.39 is 0 Å². The first-order valence-electron chi connectivity index (χ1n) is 5.36. The van der Waals surface area contributed by atoms with E-state index in [1.54, 1.807) is 11.8 Å². The highest BCUT2D eigenvalue weighted by atomic mass is 35.5. The van der Waals surface area contributed by atoms with Gasteiger partial charge in [-0.1, -0.05) is 30.5 Å². The van der Waals surface area contributed by atoms with Crippen molar-refractivity contribution in [1.29, 1.82) is 0 Å². The van der Waals surface area contributed by atoms with Gasteiger partial charge in [0.05, 0.1) is 6.10 Å². The zero-order valence-electron chi connectivity index (χ0n) is 8.53. The Hall–Kier alpha value is -0.180. The highest BCUT2D eigenvalue weighted by Gasteiger charge is 2.23. The first-order chi connectivity index (χ1) is 7.25. The van der Waals surface area contributed by atoms with Crippen LogP contribution in [-0.4, -0.2) is 16.5 Å². The minimum atomic E-state index is -0.150. The van der Waals surface area contributed by atoms with Crippen molar-refractivity contribution in [2.75, 3.05) is 0 Å². The summed E-state index contributed by atoms with van der Waals surface area (Å²) in [6.45, 7) is 0. The Morgan fingerprint density at radius 2 is 2.07 bits per heavy atom. The summed E-state index contributed by atoms with van der Waals surface area (Å²) in [5.74, 6) is 0. The number of thioether (sulfide) groups is 1. The molecule has 2 atom stereocenters. The molecule has 0 unspecified atom stereocenters. The molecule has 1 N–H and O–H groups in total. The predicted octanol–water partition coefficient (Wildman–Crippen LogP) is 3.74. The highest BCUT2D eigenvalue weighted by molar-refractivity contribution is 8.00. The smallest absolute Gasteiger partial charge is 0.0662 e. The van der Waals surface area contributed by atoms with Gasteiger partial charge < -0.3 is 5.11 Å². The van der Waals surface area contributed by atoms with Gasteiger partial charge in [0.2, 0.25) is 0 Å². The minimum absolute atomic E-state index is 0.150. The summed E-state index contributed by atoms with van der Waals surface area (Å²) in [6, 6.07) is 7.86. The van der Waals surface area contributed by atoms with E-state index in [0.717, 1.165) is 29.2 Å². The average molecular weight is 243 g/mol. The van der Waals surface area contributed by atoms with E-state index in [1.807, 2.05) is 18.2 Å². The van der Waals surface area contributed by atoms with Gasteiger partial charge in [0, 0.05) is 15.2 Å². The molecule has 0 amide bonds. The Kier molecular flexibility index (Phi) is 3.95. The summed E-state index contributed by atoms with van der Waals surface area (Å²) in [4.78, 5) is 1.16. The molecule has 1 saturated carbocycles. The lowest BCUT2D eigenvalue weighted by Gasteiger charge is -2.26. The van der Waals surface area contributed by atoms with Crippen molar-refractivity contribution in [3.05, 3.63) is 29.3 Å². The van der Waals surface area contributed by atoms with Crippen LogP contribution in [-0.2, 0) is 0 Å². The topological polar surface area (TPSA) is 20.2 Å². The van der Waals surface area contributed by atoms with Crippen LogP contribution >= 0.6 is 23.4 Å². The van der Waals surface area contributed by atoms with Gasteiger partial charge in [-0.25, -0.2) is 0 Å². The molecule has 1 nitrogen and oxygen atoms in total. The fraction of sp³-hybridized carbons (Fsp3) is 0.500. The minimum Gasteiger partial charge on any atom is -0.392 e. The number of halogens is 1. The highest BCUT2D eigenvalue weighted by Crippen LogP contribution is 2.34. The Morgan fingerprint density at radius 1 is 1.27 bits per heavy atom. The SMILES string of the molecule is O[C@H]1CCCC[C@@H]1Sc1cccc(Cl)c1. The average Bonchev–Trinajstić information content (AvgIpc) is 2.22. The maximum absolute atomic E-state index is 9.85. The van der Waals surface area contributed by atoms with Crippen molar-refractivity contribution < 1.29 is 5.11 Å². The van der Waals surface area contributed by atoms with Gasteiger partial charge in [0.25, 0.3) is 0 Å². The molecule has 0 radical (unpaired) electrons. The predicted molar refractivity (Wildman–Crippen MR) is 65.6 cm³/mol. The maximum Gasteiger partial charge on any atom is 0.0662 e. The van der Waals surface area contributed by atoms with Crippen molar-refractivity contribution in [2.45, 2.75) is 41.9 Å². The number of rotatable bonds is 2. The zero-order valence-corrected chi connectivity index (χ0v) is 10.1. The van der Waals surface area contributed by atoms with Crippen molar-refractivity contribution in [1.82, 2.24) is 0 Å². The van der Waals surface area contributed by atoms with Gasteiger partial charge in [0.15, 0.2) is 0 Å². The van der Waals surface area contributed by atoms with Crippen molar-refractivity contribution in [3.63, 3.8) is 0 Å². The second-order valence-electron chi connectivity index (χ2n) is 3.97. The van der Waals surface area contributed by atoms with E-state index in [-0.39, 0.29) is 6.10 Å². The summed E-state index contributed by atoms with van der Waals surface area (Å²) in [6.07, 6.45) is 4.29. The van der Waals surface area contributed by atoms with Crippen LogP contribution in [0.5, 0.6) is 0 Å². The molecule has 0 spiro atoms. The first-order valence-corrected chi connectivity index (χ1v) is 6.62. The fourth-order valence-corrected chi connectivity index (χ4v) is 3.46. The molecule has 3 heteroatoms. The Bertz CT molecular complexity index is 329. The number of aliphatic hydroxyl groups is 1. The van der Waals surface area contributed by atoms with E-state index >= 15 is 0 Å². The van der Waals surface area contributed by atoms with E-state index in [1.165, 1.54) is 6.42 Å². The summed E-state index contributed by atoms with van der Waals surface area (Å²) >= 11 is 7.68. The monoisotopic (exact) mass is 242 g/mol. The second-order valence-corrected chi connectivity index (χ2v) is 5.71. The van der Waals surface area contributed by atoms with Crippen molar-refractivity contribution in [3.8, 4) is 0 Å². The van der Waals surface area contributed by atoms with E-state index in [0.29, 0.717) is 5.25 Å². The summed E-state index contributed by atoms with van der Waals surface area (Å²) in [7, 11) is 0. The van der Waals surface area contributed by atoms with Crippen molar-refractivity contribution >= 4 is 23.4 Å². The largest absolute Gasteiger partial charge is 0.392 e. The normalized spacial score (nSPS) is 26.5. The van der Waals surface area contributed by atoms with Crippen LogP contribution in [0.2, 0.25) is 5.02 Å². The van der Waals surface area contributed by atoms with Gasteiger partial charge >= 0.3 is 0 Å². The molecule has 15 heavy (non-hydrogen) atoms. The van der Waals surface area contributed by atoms with Crippen LogP contribution in [0.15, 0.2) is 29.2 Å². The molecule has 0 heterocycles. The van der Waals surface area contributed by atoms with Gasteiger partial charge in [-0.2, -0.15) is 0 Å². The van der Waals surface area contributed by atoms with Gasteiger partial charge in [0.1, 0.15) is 0 Å². The van der Waals surface area contributed by atoms with Crippen LogP contribution in [0, 0.1) is 0 Å². The Labute approximate surface area is 99.8 Å². The number of hydrogen-bond donors (Lipinski definition) is 1. The molecular weight excluding hydrogens is 228 g/mol. The Morgan fingerprint density at radius 3 is 2.80 bits per heavy atom. The van der Waals surface area contributed by atoms with Gasteiger partial charge in [-0.3, -0.25) is 0 Å². The molecule has 1 aliphatic rings. The molecule has 0 bridgehead atoms. The standard InChI is InChI=1S/C12H15ClOS/c13-9-4-3-5-10(8-9)15-12-7-2-1-6-11(12)14/h3-5,8,11-12,14H,1-2,6-7H2/t11-,12-/m0/s1. The number of benzene rings is 1. The molecule has 1 fully saturated rings. The third kappa shape index (κ3) is 3.13. The van der Waals surface area contributed by atoms with Crippen molar-refractivity contribution in [2.24, 2.45) is 0 Å². The van der Waals surface area contributed by atoms with Crippen LogP contribution in [0.3, 0.4) is 0 Å². The third-order valence-corrected chi connectivity index (χ3v) is 4.37. The molecule has 0 aliphatic heterocycles. The van der Waals surface area contributed by atoms with Crippen LogP contribution in [0.25, 0.3) is 0 Å². The lowest BCUT2D eigenvalue weighted by Crippen LogP contribution is -2.26. The maximum atomic E-state index is 9.85. The van der Waals surface area contributed by atoms with Gasteiger partial charge in [-0.15, -0.1) is 11.8 Å².